The molecule has 1 heterocycles. The number of H-pyrrole nitrogens is 1. The van der Waals surface area contributed by atoms with E-state index in [9.17, 15) is 9.59 Å². The predicted molar refractivity (Wildman–Crippen MR) is 82.4 cm³/mol. The maximum Gasteiger partial charge on any atom is 0.303 e. The van der Waals surface area contributed by atoms with Crippen molar-refractivity contribution in [3.05, 3.63) is 23.8 Å². The van der Waals surface area contributed by atoms with Gasteiger partial charge in [-0.1, -0.05) is 12.5 Å². The minimum atomic E-state index is -0.818. The second-order valence-corrected chi connectivity index (χ2v) is 6.29. The molecule has 4 N–H and O–H groups in total. The van der Waals surface area contributed by atoms with Crippen LogP contribution in [0.15, 0.2) is 18.2 Å². The highest BCUT2D eigenvalue weighted by atomic mass is 16.4. The number of hydrogen-bond donors (Lipinski definition) is 3. The van der Waals surface area contributed by atoms with Crippen LogP contribution in [0.5, 0.6) is 0 Å². The lowest BCUT2D eigenvalue weighted by Crippen LogP contribution is -2.34. The van der Waals surface area contributed by atoms with Gasteiger partial charge in [0.15, 0.2) is 5.95 Å². The molecule has 1 aromatic heterocycles. The average molecular weight is 301 g/mol. The average Bonchev–Trinajstić information content (AvgIpc) is 2.74. The lowest BCUT2D eigenvalue weighted by Gasteiger charge is -2.40. The first kappa shape index (κ1) is 14.6. The number of Topliss-reactive ketones (excluding diaryl/α,β-unsaturated/α-hetero) is 1. The van der Waals surface area contributed by atoms with E-state index in [2.05, 4.69) is 9.97 Å². The number of carbonyl (C=O) groups excluding carboxylic acids is 1. The minimum Gasteiger partial charge on any atom is -0.481 e. The van der Waals surface area contributed by atoms with E-state index in [4.69, 9.17) is 10.8 Å². The largest absolute Gasteiger partial charge is 0.481 e. The molecule has 1 aliphatic rings. The van der Waals surface area contributed by atoms with E-state index in [0.717, 1.165) is 35.9 Å². The number of fused-ring (bicyclic) bond motifs is 1. The van der Waals surface area contributed by atoms with Crippen molar-refractivity contribution in [2.75, 3.05) is 5.73 Å². The van der Waals surface area contributed by atoms with E-state index in [1.807, 2.05) is 18.2 Å². The van der Waals surface area contributed by atoms with Crippen LogP contribution in [0.3, 0.4) is 0 Å². The zero-order chi connectivity index (χ0) is 15.7. The third kappa shape index (κ3) is 2.95. The SMILES string of the molecule is Nc1nc2ccc(CC(=O)CC3(CC(=O)O)CCC3)cc2[nH]1. The molecule has 116 valence electrons. The number of anilines is 1. The number of aromatic nitrogens is 2. The van der Waals surface area contributed by atoms with Crippen LogP contribution in [0.4, 0.5) is 5.95 Å². The van der Waals surface area contributed by atoms with Gasteiger partial charge in [-0.05, 0) is 36.0 Å². The van der Waals surface area contributed by atoms with Crippen molar-refractivity contribution in [1.29, 1.82) is 0 Å². The van der Waals surface area contributed by atoms with E-state index in [0.29, 0.717) is 18.8 Å². The van der Waals surface area contributed by atoms with Gasteiger partial charge in [0.05, 0.1) is 17.5 Å². The van der Waals surface area contributed by atoms with E-state index in [-0.39, 0.29) is 17.6 Å². The Morgan fingerprint density at radius 1 is 1.32 bits per heavy atom. The summed E-state index contributed by atoms with van der Waals surface area (Å²) in [7, 11) is 0. The summed E-state index contributed by atoms with van der Waals surface area (Å²) in [6.07, 6.45) is 3.44. The molecule has 0 bridgehead atoms. The van der Waals surface area contributed by atoms with Crippen molar-refractivity contribution >= 4 is 28.7 Å². The van der Waals surface area contributed by atoms with Crippen molar-refractivity contribution in [3.8, 4) is 0 Å². The van der Waals surface area contributed by atoms with E-state index in [1.165, 1.54) is 0 Å². The number of aromatic amines is 1. The first-order valence-electron chi connectivity index (χ1n) is 7.43. The normalized spacial score (nSPS) is 16.4. The van der Waals surface area contributed by atoms with Crippen LogP contribution >= 0.6 is 0 Å². The van der Waals surface area contributed by atoms with Gasteiger partial charge in [-0.2, -0.15) is 0 Å². The van der Waals surface area contributed by atoms with Gasteiger partial charge in [-0.15, -0.1) is 0 Å². The first-order valence-corrected chi connectivity index (χ1v) is 7.43. The van der Waals surface area contributed by atoms with Crippen LogP contribution in [0.25, 0.3) is 11.0 Å². The standard InChI is InChI=1S/C16H19N3O3/c17-15-18-12-3-2-10(7-13(12)19-15)6-11(20)8-16(4-1-5-16)9-14(21)22/h2-3,7H,1,4-6,8-9H2,(H,21,22)(H3,17,18,19). The van der Waals surface area contributed by atoms with Gasteiger partial charge in [0.25, 0.3) is 0 Å². The molecule has 6 nitrogen and oxygen atoms in total. The number of aliphatic carboxylic acids is 1. The zero-order valence-electron chi connectivity index (χ0n) is 12.3. The number of ketones is 1. The molecule has 1 aliphatic carbocycles. The van der Waals surface area contributed by atoms with Crippen molar-refractivity contribution in [1.82, 2.24) is 9.97 Å². The Hall–Kier alpha value is -2.37. The van der Waals surface area contributed by atoms with Crippen LogP contribution in [0.2, 0.25) is 0 Å². The number of imidazole rings is 1. The summed E-state index contributed by atoms with van der Waals surface area (Å²) in [4.78, 5) is 30.3. The van der Waals surface area contributed by atoms with E-state index < -0.39 is 5.97 Å². The predicted octanol–water partition coefficient (Wildman–Crippen LogP) is 2.29. The monoisotopic (exact) mass is 301 g/mol. The molecule has 1 fully saturated rings. The number of carbonyl (C=O) groups is 2. The van der Waals surface area contributed by atoms with Crippen LogP contribution in [0, 0.1) is 5.41 Å². The quantitative estimate of drug-likeness (QED) is 0.758. The number of hydrogen-bond acceptors (Lipinski definition) is 4. The molecule has 0 unspecified atom stereocenters. The summed E-state index contributed by atoms with van der Waals surface area (Å²) in [5, 5.41) is 9.00. The van der Waals surface area contributed by atoms with E-state index >= 15 is 0 Å². The zero-order valence-corrected chi connectivity index (χ0v) is 12.3. The van der Waals surface area contributed by atoms with Crippen LogP contribution in [0.1, 0.15) is 37.7 Å². The van der Waals surface area contributed by atoms with Crippen LogP contribution in [-0.2, 0) is 16.0 Å². The molecule has 0 aliphatic heterocycles. The third-order valence-electron chi connectivity index (χ3n) is 4.48. The number of benzene rings is 1. The van der Waals surface area contributed by atoms with Crippen LogP contribution < -0.4 is 5.73 Å². The van der Waals surface area contributed by atoms with Gasteiger partial charge in [0, 0.05) is 12.8 Å². The molecular weight excluding hydrogens is 282 g/mol. The molecule has 1 saturated carbocycles. The molecule has 0 saturated heterocycles. The van der Waals surface area contributed by atoms with Crippen molar-refractivity contribution in [2.45, 2.75) is 38.5 Å². The van der Waals surface area contributed by atoms with Gasteiger partial charge < -0.3 is 15.8 Å². The number of carboxylic acid groups (broad SMARTS) is 1. The summed E-state index contributed by atoms with van der Waals surface area (Å²) in [5.41, 5.74) is 7.77. The smallest absolute Gasteiger partial charge is 0.303 e. The van der Waals surface area contributed by atoms with Gasteiger partial charge in [-0.3, -0.25) is 9.59 Å². The van der Waals surface area contributed by atoms with Gasteiger partial charge in [0.1, 0.15) is 5.78 Å². The number of carboxylic acids is 1. The number of nitrogens with zero attached hydrogens (tertiary/aromatic N) is 1. The van der Waals surface area contributed by atoms with E-state index in [1.54, 1.807) is 0 Å². The summed E-state index contributed by atoms with van der Waals surface area (Å²) < 4.78 is 0. The minimum absolute atomic E-state index is 0.0905. The molecule has 0 spiro atoms. The third-order valence-corrected chi connectivity index (χ3v) is 4.48. The lowest BCUT2D eigenvalue weighted by atomic mass is 9.63. The Morgan fingerprint density at radius 3 is 2.73 bits per heavy atom. The molecular formula is C16H19N3O3. The second kappa shape index (κ2) is 5.44. The lowest BCUT2D eigenvalue weighted by molar-refractivity contribution is -0.142. The number of rotatable bonds is 6. The Labute approximate surface area is 127 Å². The fourth-order valence-electron chi connectivity index (χ4n) is 3.31. The fourth-order valence-corrected chi connectivity index (χ4v) is 3.31. The molecule has 6 heteroatoms. The highest BCUT2D eigenvalue weighted by Crippen LogP contribution is 2.47. The molecule has 0 amide bonds. The Balaban J connectivity index is 1.68. The number of nitrogens with one attached hydrogen (secondary N) is 1. The maximum atomic E-state index is 12.3. The van der Waals surface area contributed by atoms with Gasteiger partial charge in [-0.25, -0.2) is 4.98 Å². The second-order valence-electron chi connectivity index (χ2n) is 6.29. The summed E-state index contributed by atoms with van der Waals surface area (Å²) in [6, 6.07) is 5.58. The summed E-state index contributed by atoms with van der Waals surface area (Å²) in [5.74, 6) is -0.372. The van der Waals surface area contributed by atoms with Gasteiger partial charge >= 0.3 is 5.97 Å². The number of nitrogens with two attached hydrogens (primary N) is 1. The molecule has 2 aromatic rings. The fraction of sp³-hybridized carbons (Fsp3) is 0.438. The summed E-state index contributed by atoms with van der Waals surface area (Å²) >= 11 is 0. The molecule has 22 heavy (non-hydrogen) atoms. The maximum absolute atomic E-state index is 12.3. The van der Waals surface area contributed by atoms with Gasteiger partial charge in [0.2, 0.25) is 0 Å². The topological polar surface area (TPSA) is 109 Å². The first-order chi connectivity index (χ1) is 10.5. The highest BCUT2D eigenvalue weighted by molar-refractivity contribution is 5.84. The summed E-state index contributed by atoms with van der Waals surface area (Å²) in [6.45, 7) is 0. The van der Waals surface area contributed by atoms with Crippen molar-refractivity contribution in [2.24, 2.45) is 5.41 Å². The Bertz CT molecular complexity index is 731. The highest BCUT2D eigenvalue weighted by Gasteiger charge is 2.40. The molecule has 0 atom stereocenters. The Kier molecular flexibility index (Phi) is 3.60. The number of nitrogen functional groups attached to an aromatic ring is 1. The molecule has 0 radical (unpaired) electrons. The molecule has 1 aromatic carbocycles. The Morgan fingerprint density at radius 2 is 2.09 bits per heavy atom. The molecule has 3 rings (SSSR count). The van der Waals surface area contributed by atoms with Crippen LogP contribution in [-0.4, -0.2) is 26.8 Å². The van der Waals surface area contributed by atoms with Crippen molar-refractivity contribution < 1.29 is 14.7 Å². The van der Waals surface area contributed by atoms with Crippen molar-refractivity contribution in [3.63, 3.8) is 0 Å².